The fourth-order valence-corrected chi connectivity index (χ4v) is 4.64. The molecular weight excluding hydrogens is 370 g/mol. The molecule has 1 unspecified atom stereocenters. The van der Waals surface area contributed by atoms with Crippen LogP contribution in [0.4, 0.5) is 0 Å². The molecule has 1 aliphatic heterocycles. The van der Waals surface area contributed by atoms with Gasteiger partial charge >= 0.3 is 0 Å². The highest BCUT2D eigenvalue weighted by molar-refractivity contribution is 7.12. The highest BCUT2D eigenvalue weighted by atomic mass is 32.1. The zero-order chi connectivity index (χ0) is 19.9. The maximum atomic E-state index is 13.4. The minimum absolute atomic E-state index is 0.144. The van der Waals surface area contributed by atoms with Gasteiger partial charge in [0.05, 0.1) is 0 Å². The maximum absolute atomic E-state index is 13.4. The summed E-state index contributed by atoms with van der Waals surface area (Å²) in [4.78, 5) is 30.1. The van der Waals surface area contributed by atoms with Crippen molar-refractivity contribution < 1.29 is 4.79 Å². The van der Waals surface area contributed by atoms with Crippen LogP contribution in [0.25, 0.3) is 11.1 Å². The number of hydrogen-bond donors (Lipinski definition) is 1. The largest absolute Gasteiger partial charge is 0.369 e. The van der Waals surface area contributed by atoms with Crippen molar-refractivity contribution in [3.05, 3.63) is 69.9 Å². The van der Waals surface area contributed by atoms with Crippen molar-refractivity contribution >= 4 is 23.2 Å². The molecule has 2 N–H and O–H groups in total. The second-order valence-electron chi connectivity index (χ2n) is 6.79. The quantitative estimate of drug-likeness (QED) is 0.741. The van der Waals surface area contributed by atoms with Gasteiger partial charge in [0.15, 0.2) is 11.5 Å². The average Bonchev–Trinajstić information content (AvgIpc) is 3.22. The second-order valence-corrected chi connectivity index (χ2v) is 8.13. The molecule has 1 amide bonds. The van der Waals surface area contributed by atoms with Gasteiger partial charge in [-0.25, -0.2) is 15.0 Å². The van der Waals surface area contributed by atoms with Gasteiger partial charge in [-0.3, -0.25) is 9.69 Å². The summed E-state index contributed by atoms with van der Waals surface area (Å²) in [6.07, 6.45) is 5.91. The highest BCUT2D eigenvalue weighted by Gasteiger charge is 2.50. The summed E-state index contributed by atoms with van der Waals surface area (Å²) in [5.74, 6) is 0.0807. The molecule has 1 aromatic carbocycles. The topological polar surface area (TPSA) is 84.5 Å². The van der Waals surface area contributed by atoms with E-state index in [0.717, 1.165) is 33.6 Å². The molecular formula is C21H21N5OS. The molecule has 4 rings (SSSR count). The Hall–Kier alpha value is -3.06. The first-order valence-corrected chi connectivity index (χ1v) is 9.88. The molecule has 3 aromatic rings. The monoisotopic (exact) mass is 391 g/mol. The molecule has 1 atom stereocenters. The minimum atomic E-state index is -1.17. The van der Waals surface area contributed by atoms with Crippen LogP contribution >= 0.6 is 11.3 Å². The van der Waals surface area contributed by atoms with Gasteiger partial charge in [0, 0.05) is 40.3 Å². The molecule has 0 bridgehead atoms. The number of carbonyl (C=O) groups excluding carboxylic acids is 1. The number of benzene rings is 1. The molecule has 7 heteroatoms. The Balaban J connectivity index is 1.96. The Labute approximate surface area is 167 Å². The predicted molar refractivity (Wildman–Crippen MR) is 111 cm³/mol. The average molecular weight is 392 g/mol. The number of likely N-dealkylation sites (N-methyl/N-ethyl adjacent to an activating group) is 1. The van der Waals surface area contributed by atoms with E-state index in [0.29, 0.717) is 0 Å². The number of hydrogen-bond acceptors (Lipinski definition) is 6. The molecule has 142 valence electrons. The van der Waals surface area contributed by atoms with E-state index < -0.39 is 5.54 Å². The van der Waals surface area contributed by atoms with E-state index in [1.54, 1.807) is 30.8 Å². The van der Waals surface area contributed by atoms with Gasteiger partial charge < -0.3 is 5.73 Å². The molecule has 0 fully saturated rings. The molecule has 0 radical (unpaired) electrons. The van der Waals surface area contributed by atoms with Crippen LogP contribution in [0.2, 0.25) is 0 Å². The number of aliphatic imine (C=N–C) groups is 1. The Kier molecular flexibility index (Phi) is 4.47. The van der Waals surface area contributed by atoms with Crippen LogP contribution in [0.1, 0.15) is 27.8 Å². The van der Waals surface area contributed by atoms with E-state index in [9.17, 15) is 4.79 Å². The number of rotatable bonds is 4. The van der Waals surface area contributed by atoms with Crippen LogP contribution in [0, 0.1) is 6.92 Å². The third kappa shape index (κ3) is 2.70. The lowest BCUT2D eigenvalue weighted by Crippen LogP contribution is -2.41. The molecule has 28 heavy (non-hydrogen) atoms. The lowest BCUT2D eigenvalue weighted by molar-refractivity contribution is -0.129. The molecule has 6 nitrogen and oxygen atoms in total. The van der Waals surface area contributed by atoms with E-state index in [-0.39, 0.29) is 11.9 Å². The summed E-state index contributed by atoms with van der Waals surface area (Å²) in [6, 6.07) is 9.91. The van der Waals surface area contributed by atoms with E-state index in [4.69, 9.17) is 10.7 Å². The van der Waals surface area contributed by atoms with Gasteiger partial charge in [0.25, 0.3) is 5.91 Å². The third-order valence-electron chi connectivity index (χ3n) is 5.12. The first-order chi connectivity index (χ1) is 13.5. The Morgan fingerprint density at radius 1 is 1.18 bits per heavy atom. The van der Waals surface area contributed by atoms with Crippen molar-refractivity contribution in [2.24, 2.45) is 10.7 Å². The molecule has 3 heterocycles. The number of nitrogens with zero attached hydrogens (tertiary/aromatic N) is 4. The van der Waals surface area contributed by atoms with Crippen LogP contribution in [0.5, 0.6) is 0 Å². The standard InChI is InChI=1S/C21H21N5OS/c1-4-17-9-18(13(2)28-17)21(19(27)26(3)20(22)25-21)16-7-5-6-14(8-16)15-10-23-12-24-11-15/h5-12H,4H2,1-3H3,(H2,22,25). The minimum Gasteiger partial charge on any atom is -0.369 e. The number of aromatic nitrogens is 2. The van der Waals surface area contributed by atoms with Crippen molar-refractivity contribution in [3.8, 4) is 11.1 Å². The zero-order valence-corrected chi connectivity index (χ0v) is 16.8. The Morgan fingerprint density at radius 2 is 1.93 bits per heavy atom. The molecule has 2 aromatic heterocycles. The van der Waals surface area contributed by atoms with Crippen molar-refractivity contribution in [2.45, 2.75) is 25.8 Å². The molecule has 0 spiro atoms. The lowest BCUT2D eigenvalue weighted by Gasteiger charge is -2.26. The van der Waals surface area contributed by atoms with Gasteiger partial charge in [-0.2, -0.15) is 0 Å². The summed E-state index contributed by atoms with van der Waals surface area (Å²) in [6.45, 7) is 4.14. The van der Waals surface area contributed by atoms with Crippen LogP contribution in [0.15, 0.2) is 54.0 Å². The zero-order valence-electron chi connectivity index (χ0n) is 16.0. The highest BCUT2D eigenvalue weighted by Crippen LogP contribution is 2.44. The summed E-state index contributed by atoms with van der Waals surface area (Å²) >= 11 is 1.70. The number of carbonyl (C=O) groups is 1. The van der Waals surface area contributed by atoms with Crippen LogP contribution < -0.4 is 5.73 Å². The van der Waals surface area contributed by atoms with Gasteiger partial charge in [-0.15, -0.1) is 11.3 Å². The smallest absolute Gasteiger partial charge is 0.266 e. The van der Waals surface area contributed by atoms with Crippen molar-refractivity contribution in [3.63, 3.8) is 0 Å². The summed E-state index contributed by atoms with van der Waals surface area (Å²) in [5.41, 5.74) is 8.42. The molecule has 0 saturated carbocycles. The lowest BCUT2D eigenvalue weighted by atomic mass is 9.82. The van der Waals surface area contributed by atoms with Gasteiger partial charge in [0.2, 0.25) is 0 Å². The fraction of sp³-hybridized carbons (Fsp3) is 0.238. The number of aryl methyl sites for hydroxylation is 2. The van der Waals surface area contributed by atoms with Crippen LogP contribution in [-0.4, -0.2) is 33.8 Å². The summed E-state index contributed by atoms with van der Waals surface area (Å²) in [5, 5.41) is 0. The van der Waals surface area contributed by atoms with E-state index in [1.165, 1.54) is 16.1 Å². The third-order valence-corrected chi connectivity index (χ3v) is 6.32. The Bertz CT molecular complexity index is 1080. The first kappa shape index (κ1) is 18.3. The van der Waals surface area contributed by atoms with E-state index in [1.807, 2.05) is 31.2 Å². The van der Waals surface area contributed by atoms with Crippen LogP contribution in [-0.2, 0) is 16.8 Å². The van der Waals surface area contributed by atoms with Crippen molar-refractivity contribution in [1.82, 2.24) is 14.9 Å². The van der Waals surface area contributed by atoms with Gasteiger partial charge in [0.1, 0.15) is 6.33 Å². The Morgan fingerprint density at radius 3 is 2.54 bits per heavy atom. The molecule has 1 aliphatic rings. The van der Waals surface area contributed by atoms with Crippen molar-refractivity contribution in [1.29, 1.82) is 0 Å². The van der Waals surface area contributed by atoms with E-state index >= 15 is 0 Å². The molecule has 0 saturated heterocycles. The van der Waals surface area contributed by atoms with E-state index in [2.05, 4.69) is 23.0 Å². The van der Waals surface area contributed by atoms with Crippen LogP contribution in [0.3, 0.4) is 0 Å². The molecule has 0 aliphatic carbocycles. The second kappa shape index (κ2) is 6.83. The van der Waals surface area contributed by atoms with Gasteiger partial charge in [-0.05, 0) is 36.6 Å². The number of nitrogens with two attached hydrogens (primary N) is 1. The SMILES string of the molecule is CCc1cc(C2(c3cccc(-c4cncnc4)c3)N=C(N)N(C)C2=O)c(C)s1. The maximum Gasteiger partial charge on any atom is 0.266 e. The van der Waals surface area contributed by atoms with Gasteiger partial charge in [-0.1, -0.05) is 25.1 Å². The first-order valence-electron chi connectivity index (χ1n) is 9.06. The summed E-state index contributed by atoms with van der Waals surface area (Å²) in [7, 11) is 1.67. The normalized spacial score (nSPS) is 19.2. The summed E-state index contributed by atoms with van der Waals surface area (Å²) < 4.78 is 0. The number of guanidine groups is 1. The number of thiophene rings is 1. The number of amides is 1. The van der Waals surface area contributed by atoms with Crippen molar-refractivity contribution in [2.75, 3.05) is 7.05 Å². The predicted octanol–water partition coefficient (Wildman–Crippen LogP) is 3.11. The fourth-order valence-electron chi connectivity index (χ4n) is 3.61.